The van der Waals surface area contributed by atoms with Crippen LogP contribution in [0.15, 0.2) is 48.5 Å². The van der Waals surface area contributed by atoms with Crippen molar-refractivity contribution in [3.8, 4) is 5.75 Å². The number of rotatable bonds is 9. The van der Waals surface area contributed by atoms with Gasteiger partial charge in [0.2, 0.25) is 0 Å². The summed E-state index contributed by atoms with van der Waals surface area (Å²) in [5, 5.41) is 0. The molecule has 0 aliphatic carbocycles. The number of hydrogen-bond acceptors (Lipinski definition) is 1. The van der Waals surface area contributed by atoms with Crippen molar-refractivity contribution < 1.29 is 22.3 Å². The SMILES string of the molecule is CCCc1ccc(CCc2cc(F)c(CCc3cc(F)c(OC)c(F)c3)c(F)c2)cc1. The molecule has 0 heterocycles. The van der Waals surface area contributed by atoms with Gasteiger partial charge in [0.15, 0.2) is 17.4 Å². The molecule has 0 aromatic heterocycles. The van der Waals surface area contributed by atoms with E-state index in [0.717, 1.165) is 30.5 Å². The standard InChI is InChI=1S/C26H26F4O/c1-3-4-17-5-7-18(8-6-17)9-10-19-13-22(27)21(23(28)14-19)12-11-20-15-24(29)26(31-2)25(30)16-20/h5-8,13-16H,3-4,9-12H2,1-2H3. The normalized spacial score (nSPS) is 11.0. The first-order valence-corrected chi connectivity index (χ1v) is 10.5. The van der Waals surface area contributed by atoms with Gasteiger partial charge in [-0.25, -0.2) is 17.6 Å². The molecule has 31 heavy (non-hydrogen) atoms. The Bertz CT molecular complexity index is 982. The van der Waals surface area contributed by atoms with Crippen molar-refractivity contribution in [3.05, 3.63) is 99.6 Å². The number of ether oxygens (including phenoxy) is 1. The van der Waals surface area contributed by atoms with Crippen LogP contribution in [0.25, 0.3) is 0 Å². The fourth-order valence-electron chi connectivity index (χ4n) is 3.71. The van der Waals surface area contributed by atoms with E-state index in [1.54, 1.807) is 0 Å². The van der Waals surface area contributed by atoms with Crippen molar-refractivity contribution in [1.82, 2.24) is 0 Å². The van der Waals surface area contributed by atoms with Crippen LogP contribution in [0.2, 0.25) is 0 Å². The Morgan fingerprint density at radius 3 is 1.48 bits per heavy atom. The fourth-order valence-corrected chi connectivity index (χ4v) is 3.71. The minimum absolute atomic E-state index is 0.00203. The van der Waals surface area contributed by atoms with Gasteiger partial charge in [0.1, 0.15) is 11.6 Å². The topological polar surface area (TPSA) is 9.23 Å². The summed E-state index contributed by atoms with van der Waals surface area (Å²) in [7, 11) is 1.18. The first-order valence-electron chi connectivity index (χ1n) is 10.5. The van der Waals surface area contributed by atoms with Crippen molar-refractivity contribution in [2.45, 2.75) is 45.4 Å². The summed E-state index contributed by atoms with van der Waals surface area (Å²) < 4.78 is 61.4. The van der Waals surface area contributed by atoms with E-state index in [1.807, 2.05) is 0 Å². The average molecular weight is 430 g/mol. The first kappa shape index (κ1) is 22.9. The van der Waals surface area contributed by atoms with E-state index in [9.17, 15) is 17.6 Å². The molecule has 0 unspecified atom stereocenters. The molecule has 0 aliphatic rings. The van der Waals surface area contributed by atoms with Gasteiger partial charge >= 0.3 is 0 Å². The zero-order chi connectivity index (χ0) is 22.4. The smallest absolute Gasteiger partial charge is 0.190 e. The molecule has 0 bridgehead atoms. The molecular formula is C26H26F4O. The molecule has 3 aromatic rings. The van der Waals surface area contributed by atoms with Crippen molar-refractivity contribution in [2.24, 2.45) is 0 Å². The molecule has 0 amide bonds. The lowest BCUT2D eigenvalue weighted by Gasteiger charge is -2.10. The highest BCUT2D eigenvalue weighted by molar-refractivity contribution is 5.33. The van der Waals surface area contributed by atoms with E-state index in [-0.39, 0.29) is 18.4 Å². The van der Waals surface area contributed by atoms with Crippen molar-refractivity contribution in [3.63, 3.8) is 0 Å². The molecule has 0 fully saturated rings. The fraction of sp³-hybridized carbons (Fsp3) is 0.308. The van der Waals surface area contributed by atoms with Crippen LogP contribution >= 0.6 is 0 Å². The summed E-state index contributed by atoms with van der Waals surface area (Å²) >= 11 is 0. The van der Waals surface area contributed by atoms with Gasteiger partial charge in [-0.2, -0.15) is 0 Å². The summed E-state index contributed by atoms with van der Waals surface area (Å²) in [5.74, 6) is -3.41. The largest absolute Gasteiger partial charge is 0.491 e. The van der Waals surface area contributed by atoms with E-state index in [2.05, 4.69) is 35.9 Å². The maximum absolute atomic E-state index is 14.5. The molecule has 0 aliphatic heterocycles. The van der Waals surface area contributed by atoms with E-state index in [0.29, 0.717) is 24.0 Å². The second-order valence-electron chi connectivity index (χ2n) is 7.70. The van der Waals surface area contributed by atoms with Crippen molar-refractivity contribution in [1.29, 1.82) is 0 Å². The molecule has 0 radical (unpaired) electrons. The number of benzene rings is 3. The Labute approximate surface area is 180 Å². The summed E-state index contributed by atoms with van der Waals surface area (Å²) in [6, 6.07) is 13.2. The highest BCUT2D eigenvalue weighted by Crippen LogP contribution is 2.25. The van der Waals surface area contributed by atoms with Crippen LogP contribution in [-0.4, -0.2) is 7.11 Å². The molecule has 3 rings (SSSR count). The van der Waals surface area contributed by atoms with Gasteiger partial charge in [-0.3, -0.25) is 0 Å². The summed E-state index contributed by atoms with van der Waals surface area (Å²) in [5.41, 5.74) is 3.21. The minimum Gasteiger partial charge on any atom is -0.491 e. The van der Waals surface area contributed by atoms with Crippen LogP contribution in [0.4, 0.5) is 17.6 Å². The quantitative estimate of drug-likeness (QED) is 0.340. The molecule has 5 heteroatoms. The molecule has 1 nitrogen and oxygen atoms in total. The lowest BCUT2D eigenvalue weighted by Crippen LogP contribution is -2.03. The van der Waals surface area contributed by atoms with Gasteiger partial charge in [0.05, 0.1) is 7.11 Å². The Kier molecular flexibility index (Phi) is 7.72. The Hall–Kier alpha value is -2.82. The van der Waals surface area contributed by atoms with Crippen molar-refractivity contribution >= 4 is 0 Å². The van der Waals surface area contributed by atoms with Gasteiger partial charge in [0, 0.05) is 5.56 Å². The maximum Gasteiger partial charge on any atom is 0.190 e. The van der Waals surface area contributed by atoms with Crippen LogP contribution in [0, 0.1) is 23.3 Å². The molecule has 0 N–H and O–H groups in total. The third-order valence-electron chi connectivity index (χ3n) is 5.39. The van der Waals surface area contributed by atoms with Gasteiger partial charge in [-0.15, -0.1) is 0 Å². The van der Waals surface area contributed by atoms with E-state index >= 15 is 0 Å². The number of methoxy groups -OCH3 is 1. The molecule has 0 saturated heterocycles. The highest BCUT2D eigenvalue weighted by atomic mass is 19.1. The number of hydrogen-bond donors (Lipinski definition) is 0. The van der Waals surface area contributed by atoms with Gasteiger partial charge < -0.3 is 4.74 Å². The van der Waals surface area contributed by atoms with E-state index in [1.165, 1.54) is 24.8 Å². The molecular weight excluding hydrogens is 404 g/mol. The maximum atomic E-state index is 14.5. The Morgan fingerprint density at radius 2 is 1.00 bits per heavy atom. The van der Waals surface area contributed by atoms with E-state index in [4.69, 9.17) is 0 Å². The van der Waals surface area contributed by atoms with Crippen LogP contribution in [0.3, 0.4) is 0 Å². The third kappa shape index (κ3) is 5.87. The second kappa shape index (κ2) is 10.5. The number of aryl methyl sites for hydroxylation is 4. The minimum atomic E-state index is -0.837. The van der Waals surface area contributed by atoms with Crippen LogP contribution < -0.4 is 4.74 Å². The molecule has 164 valence electrons. The summed E-state index contributed by atoms with van der Waals surface area (Å²) in [4.78, 5) is 0. The Morgan fingerprint density at radius 1 is 0.581 bits per heavy atom. The Balaban J connectivity index is 1.65. The summed E-state index contributed by atoms with van der Waals surface area (Å²) in [6.07, 6.45) is 3.45. The molecule has 0 atom stereocenters. The lowest BCUT2D eigenvalue weighted by molar-refractivity contribution is 0.359. The van der Waals surface area contributed by atoms with Crippen LogP contribution in [0.5, 0.6) is 5.75 Å². The predicted molar refractivity (Wildman–Crippen MR) is 115 cm³/mol. The van der Waals surface area contributed by atoms with Crippen molar-refractivity contribution in [2.75, 3.05) is 7.11 Å². The third-order valence-corrected chi connectivity index (χ3v) is 5.39. The van der Waals surface area contributed by atoms with Gasteiger partial charge in [0.25, 0.3) is 0 Å². The zero-order valence-corrected chi connectivity index (χ0v) is 17.8. The molecule has 3 aromatic carbocycles. The van der Waals surface area contributed by atoms with Gasteiger partial charge in [-0.05, 0) is 78.6 Å². The highest BCUT2D eigenvalue weighted by Gasteiger charge is 2.15. The average Bonchev–Trinajstić information content (AvgIpc) is 2.73. The molecule has 0 spiro atoms. The number of halogens is 4. The lowest BCUT2D eigenvalue weighted by atomic mass is 9.98. The monoisotopic (exact) mass is 430 g/mol. The first-order chi connectivity index (χ1) is 14.9. The van der Waals surface area contributed by atoms with Crippen LogP contribution in [-0.2, 0) is 32.1 Å². The summed E-state index contributed by atoms with van der Waals surface area (Å²) in [6.45, 7) is 2.13. The zero-order valence-electron chi connectivity index (χ0n) is 17.8. The van der Waals surface area contributed by atoms with Gasteiger partial charge in [-0.1, -0.05) is 37.6 Å². The van der Waals surface area contributed by atoms with E-state index < -0.39 is 29.0 Å². The molecule has 0 saturated carbocycles. The second-order valence-corrected chi connectivity index (χ2v) is 7.70. The predicted octanol–water partition coefficient (Wildman–Crippen LogP) is 6.77. The van der Waals surface area contributed by atoms with Crippen LogP contribution in [0.1, 0.15) is 41.2 Å².